The van der Waals surface area contributed by atoms with Crippen LogP contribution in [0.15, 0.2) is 60.8 Å². The van der Waals surface area contributed by atoms with Crippen LogP contribution in [0.1, 0.15) is 16.1 Å². The highest BCUT2D eigenvalue weighted by atomic mass is 16.2. The Bertz CT molecular complexity index is 822. The summed E-state index contributed by atoms with van der Waals surface area (Å²) in [4.78, 5) is 14.8. The molecule has 0 unspecified atom stereocenters. The Hall–Kier alpha value is -3.08. The predicted octanol–water partition coefficient (Wildman–Crippen LogP) is 3.29. The third-order valence-electron chi connectivity index (χ3n) is 3.61. The Morgan fingerprint density at radius 2 is 1.65 bits per heavy atom. The number of rotatable bonds is 3. The molecule has 0 saturated heterocycles. The Balaban J connectivity index is 2.10. The summed E-state index contributed by atoms with van der Waals surface area (Å²) in [5.74, 6) is -0.119. The number of hydrogen-bond donors (Lipinski definition) is 1. The Labute approximate surface area is 135 Å². The fraction of sp³-hybridized carbons (Fsp3) is 0.111. The lowest BCUT2D eigenvalue weighted by molar-refractivity contribution is 0.0998. The molecule has 3 aromatic rings. The summed E-state index contributed by atoms with van der Waals surface area (Å²) in [6, 6.07) is 16.8. The number of nitrogens with zero attached hydrogens (tertiary/aromatic N) is 3. The van der Waals surface area contributed by atoms with Crippen LogP contribution in [-0.4, -0.2) is 15.7 Å². The molecule has 0 saturated carbocycles. The smallest absolute Gasteiger partial charge is 0.266 e. The highest BCUT2D eigenvalue weighted by Gasteiger charge is 2.22. The van der Waals surface area contributed by atoms with E-state index >= 15 is 0 Å². The van der Waals surface area contributed by atoms with Gasteiger partial charge in [-0.3, -0.25) is 14.4 Å². The maximum atomic E-state index is 13.1. The van der Waals surface area contributed by atoms with Crippen LogP contribution >= 0.6 is 0 Å². The highest BCUT2D eigenvalue weighted by molar-refractivity contribution is 6.11. The minimum Gasteiger partial charge on any atom is -0.399 e. The van der Waals surface area contributed by atoms with Crippen molar-refractivity contribution < 1.29 is 4.79 Å². The molecule has 0 aliphatic heterocycles. The van der Waals surface area contributed by atoms with Gasteiger partial charge in [-0.25, -0.2) is 0 Å². The molecule has 1 heterocycles. The van der Waals surface area contributed by atoms with E-state index in [-0.39, 0.29) is 5.91 Å². The number of para-hydroxylation sites is 1. The summed E-state index contributed by atoms with van der Waals surface area (Å²) in [6.45, 7) is 1.83. The monoisotopic (exact) mass is 306 g/mol. The van der Waals surface area contributed by atoms with Crippen molar-refractivity contribution in [1.82, 2.24) is 9.78 Å². The lowest BCUT2D eigenvalue weighted by Gasteiger charge is -2.23. The Kier molecular flexibility index (Phi) is 3.85. The topological polar surface area (TPSA) is 64.2 Å². The number of nitrogen functional groups attached to an aromatic ring is 1. The molecule has 0 spiro atoms. The highest BCUT2D eigenvalue weighted by Crippen LogP contribution is 2.28. The van der Waals surface area contributed by atoms with Gasteiger partial charge in [-0.2, -0.15) is 5.10 Å². The molecular weight excluding hydrogens is 288 g/mol. The van der Waals surface area contributed by atoms with Gasteiger partial charge in [-0.05, 0) is 43.3 Å². The minimum absolute atomic E-state index is 0.119. The first kappa shape index (κ1) is 14.8. The normalized spacial score (nSPS) is 10.5. The first-order valence-corrected chi connectivity index (χ1v) is 7.31. The Morgan fingerprint density at radius 1 is 1.04 bits per heavy atom. The average molecular weight is 306 g/mol. The largest absolute Gasteiger partial charge is 0.399 e. The van der Waals surface area contributed by atoms with Crippen LogP contribution in [0, 0.1) is 6.92 Å². The van der Waals surface area contributed by atoms with Crippen molar-refractivity contribution in [1.29, 1.82) is 0 Å². The number of benzene rings is 2. The van der Waals surface area contributed by atoms with E-state index in [1.807, 2.05) is 49.4 Å². The molecule has 2 N–H and O–H groups in total. The zero-order chi connectivity index (χ0) is 16.4. The van der Waals surface area contributed by atoms with Crippen LogP contribution in [-0.2, 0) is 7.05 Å². The molecule has 0 atom stereocenters. The van der Waals surface area contributed by atoms with Gasteiger partial charge in [0.05, 0.1) is 11.3 Å². The van der Waals surface area contributed by atoms with E-state index in [1.165, 1.54) is 0 Å². The lowest BCUT2D eigenvalue weighted by Crippen LogP contribution is -2.26. The van der Waals surface area contributed by atoms with Gasteiger partial charge in [-0.15, -0.1) is 0 Å². The minimum atomic E-state index is -0.119. The quantitative estimate of drug-likeness (QED) is 0.755. The fourth-order valence-electron chi connectivity index (χ4n) is 2.51. The summed E-state index contributed by atoms with van der Waals surface area (Å²) in [7, 11) is 1.81. The van der Waals surface area contributed by atoms with Gasteiger partial charge < -0.3 is 5.73 Å². The van der Waals surface area contributed by atoms with E-state index in [0.717, 1.165) is 11.4 Å². The van der Waals surface area contributed by atoms with Gasteiger partial charge in [-0.1, -0.05) is 18.2 Å². The van der Waals surface area contributed by atoms with Gasteiger partial charge in [0.15, 0.2) is 0 Å². The van der Waals surface area contributed by atoms with Crippen LogP contribution < -0.4 is 10.6 Å². The van der Waals surface area contributed by atoms with Crippen molar-refractivity contribution in [2.45, 2.75) is 6.92 Å². The molecule has 0 aliphatic rings. The van der Waals surface area contributed by atoms with Crippen molar-refractivity contribution in [2.75, 3.05) is 10.6 Å². The molecule has 0 fully saturated rings. The SMILES string of the molecule is Cc1nn(C)cc1C(=O)N(c1ccccc1)c1ccc(N)cc1. The molecule has 0 aliphatic carbocycles. The standard InChI is InChI=1S/C18H18N4O/c1-13-17(12-21(2)20-13)18(23)22(15-6-4-3-5-7-15)16-10-8-14(19)9-11-16/h3-12H,19H2,1-2H3. The number of hydrogen-bond acceptors (Lipinski definition) is 3. The number of anilines is 3. The number of amides is 1. The van der Waals surface area contributed by atoms with Crippen LogP contribution in [0.2, 0.25) is 0 Å². The molecule has 3 rings (SSSR count). The van der Waals surface area contributed by atoms with Crippen molar-refractivity contribution in [3.8, 4) is 0 Å². The second kappa shape index (κ2) is 5.96. The predicted molar refractivity (Wildman–Crippen MR) is 91.7 cm³/mol. The number of aryl methyl sites for hydroxylation is 2. The fourth-order valence-corrected chi connectivity index (χ4v) is 2.51. The Morgan fingerprint density at radius 3 is 2.22 bits per heavy atom. The van der Waals surface area contributed by atoms with E-state index in [0.29, 0.717) is 16.9 Å². The number of aromatic nitrogens is 2. The molecule has 5 nitrogen and oxygen atoms in total. The number of carbonyl (C=O) groups excluding carboxylic acids is 1. The first-order chi connectivity index (χ1) is 11.1. The molecule has 1 aromatic heterocycles. The second-order valence-electron chi connectivity index (χ2n) is 5.37. The average Bonchev–Trinajstić information content (AvgIpc) is 2.89. The van der Waals surface area contributed by atoms with Crippen molar-refractivity contribution in [3.63, 3.8) is 0 Å². The lowest BCUT2D eigenvalue weighted by atomic mass is 10.1. The van der Waals surface area contributed by atoms with Crippen LogP contribution in [0.3, 0.4) is 0 Å². The van der Waals surface area contributed by atoms with Crippen molar-refractivity contribution in [2.24, 2.45) is 7.05 Å². The summed E-state index contributed by atoms with van der Waals surface area (Å²) < 4.78 is 1.65. The molecule has 5 heteroatoms. The summed E-state index contributed by atoms with van der Waals surface area (Å²) in [6.07, 6.45) is 1.74. The third kappa shape index (κ3) is 2.94. The maximum absolute atomic E-state index is 13.1. The molecule has 116 valence electrons. The molecule has 0 radical (unpaired) electrons. The maximum Gasteiger partial charge on any atom is 0.266 e. The van der Waals surface area contributed by atoms with E-state index in [1.54, 1.807) is 35.0 Å². The molecular formula is C18H18N4O. The zero-order valence-electron chi connectivity index (χ0n) is 13.1. The summed E-state index contributed by atoms with van der Waals surface area (Å²) in [5.41, 5.74) is 9.26. The first-order valence-electron chi connectivity index (χ1n) is 7.31. The van der Waals surface area contributed by atoms with Crippen LogP contribution in [0.4, 0.5) is 17.1 Å². The number of nitrogens with two attached hydrogens (primary N) is 1. The van der Waals surface area contributed by atoms with Gasteiger partial charge >= 0.3 is 0 Å². The van der Waals surface area contributed by atoms with Crippen LogP contribution in [0.5, 0.6) is 0 Å². The van der Waals surface area contributed by atoms with Crippen molar-refractivity contribution >= 4 is 23.0 Å². The van der Waals surface area contributed by atoms with Crippen molar-refractivity contribution in [3.05, 3.63) is 72.1 Å². The van der Waals surface area contributed by atoms with E-state index in [9.17, 15) is 4.79 Å². The van der Waals surface area contributed by atoms with Crippen LogP contribution in [0.25, 0.3) is 0 Å². The third-order valence-corrected chi connectivity index (χ3v) is 3.61. The van der Waals surface area contributed by atoms with Gasteiger partial charge in [0.1, 0.15) is 0 Å². The molecule has 2 aromatic carbocycles. The van der Waals surface area contributed by atoms with Gasteiger partial charge in [0.2, 0.25) is 0 Å². The molecule has 0 bridgehead atoms. The zero-order valence-corrected chi connectivity index (χ0v) is 13.1. The van der Waals surface area contributed by atoms with Gasteiger partial charge in [0.25, 0.3) is 5.91 Å². The summed E-state index contributed by atoms with van der Waals surface area (Å²) >= 11 is 0. The van der Waals surface area contributed by atoms with E-state index < -0.39 is 0 Å². The summed E-state index contributed by atoms with van der Waals surface area (Å²) in [5, 5.41) is 4.27. The van der Waals surface area contributed by atoms with Gasteiger partial charge in [0, 0.05) is 30.3 Å². The van der Waals surface area contributed by atoms with E-state index in [4.69, 9.17) is 5.73 Å². The molecule has 1 amide bonds. The molecule has 23 heavy (non-hydrogen) atoms. The second-order valence-corrected chi connectivity index (χ2v) is 5.37. The van der Waals surface area contributed by atoms with E-state index in [2.05, 4.69) is 5.10 Å². The number of carbonyl (C=O) groups is 1.